The molecular weight excluding hydrogens is 279 g/mol. The van der Waals surface area contributed by atoms with Gasteiger partial charge in [-0.25, -0.2) is 9.18 Å². The van der Waals surface area contributed by atoms with Crippen molar-refractivity contribution in [3.63, 3.8) is 0 Å². The molecule has 1 rings (SSSR count). The van der Waals surface area contributed by atoms with E-state index in [4.69, 9.17) is 4.74 Å². The summed E-state index contributed by atoms with van der Waals surface area (Å²) in [5.41, 5.74) is 0. The molecule has 3 atom stereocenters. The van der Waals surface area contributed by atoms with Crippen LogP contribution in [0.25, 0.3) is 0 Å². The van der Waals surface area contributed by atoms with Gasteiger partial charge in [-0.3, -0.25) is 5.04 Å². The normalized spacial score (nSPS) is 26.1. The molecule has 3 unspecified atom stereocenters. The van der Waals surface area contributed by atoms with E-state index in [0.717, 1.165) is 0 Å². The van der Waals surface area contributed by atoms with Crippen molar-refractivity contribution in [2.75, 3.05) is 0 Å². The lowest BCUT2D eigenvalue weighted by Gasteiger charge is -2.23. The molecule has 0 aromatic rings. The molecule has 19 heavy (non-hydrogen) atoms. The van der Waals surface area contributed by atoms with Crippen molar-refractivity contribution in [3.8, 4) is 0 Å². The Balaban J connectivity index is 2.54. The zero-order valence-electron chi connectivity index (χ0n) is 10.7. The highest BCUT2D eigenvalue weighted by Gasteiger charge is 2.44. The summed E-state index contributed by atoms with van der Waals surface area (Å²) in [6, 6.07) is 0. The van der Waals surface area contributed by atoms with Crippen molar-refractivity contribution < 1.29 is 33.7 Å². The summed E-state index contributed by atoms with van der Waals surface area (Å²) in [6.45, 7) is 1.84. The maximum atomic E-state index is 14.4. The second-order valence-corrected chi connectivity index (χ2v) is 5.50. The Labute approximate surface area is 115 Å². The van der Waals surface area contributed by atoms with Crippen LogP contribution >= 0.6 is 12.0 Å². The molecular formula is C11H18FO6S-. The number of carbonyl (C=O) groups is 1. The molecule has 1 N–H and O–H groups in total. The minimum atomic E-state index is -2.46. The third-order valence-electron chi connectivity index (χ3n) is 2.98. The smallest absolute Gasteiger partial charge is 0.357 e. The fourth-order valence-corrected chi connectivity index (χ4v) is 2.39. The zero-order chi connectivity index (χ0) is 14.3. The van der Waals surface area contributed by atoms with Crippen LogP contribution in [0.15, 0.2) is 0 Å². The number of carbonyl (C=O) groups excluding carboxylic acids is 1. The second kappa shape index (κ2) is 8.01. The molecule has 0 spiro atoms. The fourth-order valence-electron chi connectivity index (χ4n) is 1.91. The van der Waals surface area contributed by atoms with Crippen LogP contribution in [0.3, 0.4) is 0 Å². The van der Waals surface area contributed by atoms with Crippen LogP contribution in [0.4, 0.5) is 4.39 Å². The quantitative estimate of drug-likeness (QED) is 0.311. The first-order chi connectivity index (χ1) is 9.01. The van der Waals surface area contributed by atoms with Crippen LogP contribution < -0.4 is 5.26 Å². The predicted octanol–water partition coefficient (Wildman–Crippen LogP) is 1.17. The van der Waals surface area contributed by atoms with E-state index in [1.807, 2.05) is 6.92 Å². The van der Waals surface area contributed by atoms with Crippen LogP contribution in [0.2, 0.25) is 0 Å². The third-order valence-corrected chi connectivity index (χ3v) is 3.74. The number of aliphatic hydroxyl groups is 1. The number of halogens is 1. The Morgan fingerprint density at radius 2 is 2.32 bits per heavy atom. The van der Waals surface area contributed by atoms with Crippen molar-refractivity contribution in [2.24, 2.45) is 0 Å². The molecule has 0 aromatic heterocycles. The van der Waals surface area contributed by atoms with E-state index in [1.54, 1.807) is 0 Å². The van der Waals surface area contributed by atoms with E-state index in [0.29, 0.717) is 32.1 Å². The molecule has 1 aliphatic rings. The summed E-state index contributed by atoms with van der Waals surface area (Å²) in [5.74, 6) is -1.10. The lowest BCUT2D eigenvalue weighted by atomic mass is 10.2. The Kier molecular flexibility index (Phi) is 7.01. The average molecular weight is 297 g/mol. The zero-order valence-corrected chi connectivity index (χ0v) is 11.5. The first-order valence-corrected chi connectivity index (χ1v) is 6.98. The van der Waals surface area contributed by atoms with Gasteiger partial charge in [-0.2, -0.15) is 4.33 Å². The van der Waals surface area contributed by atoms with Gasteiger partial charge >= 0.3 is 5.97 Å². The third kappa shape index (κ3) is 5.23. The van der Waals surface area contributed by atoms with Gasteiger partial charge in [-0.05, 0) is 19.3 Å². The number of ether oxygens (including phenoxy) is 1. The minimum absolute atomic E-state index is 0.0176. The minimum Gasteiger partial charge on any atom is -0.691 e. The van der Waals surface area contributed by atoms with E-state index in [-0.39, 0.29) is 18.5 Å². The van der Waals surface area contributed by atoms with Gasteiger partial charge in [0, 0.05) is 12.8 Å². The highest BCUT2D eigenvalue weighted by molar-refractivity contribution is 7.96. The summed E-state index contributed by atoms with van der Waals surface area (Å²) in [4.78, 5) is 11.8. The van der Waals surface area contributed by atoms with Crippen LogP contribution in [0.5, 0.6) is 0 Å². The number of alkyl halides is 1. The Hall–Kier alpha value is -0.410. The number of hydrogen-bond donors (Lipinski definition) is 1. The Morgan fingerprint density at radius 3 is 2.84 bits per heavy atom. The molecule has 0 radical (unpaired) electrons. The Morgan fingerprint density at radius 1 is 1.58 bits per heavy atom. The molecule has 0 saturated heterocycles. The van der Waals surface area contributed by atoms with Crippen LogP contribution in [0.1, 0.15) is 45.4 Å². The molecule has 8 heteroatoms. The van der Waals surface area contributed by atoms with E-state index >= 15 is 0 Å². The van der Waals surface area contributed by atoms with E-state index in [9.17, 15) is 19.5 Å². The van der Waals surface area contributed by atoms with Crippen molar-refractivity contribution in [3.05, 3.63) is 0 Å². The summed E-state index contributed by atoms with van der Waals surface area (Å²) >= 11 is 0.0176. The van der Waals surface area contributed by atoms with E-state index < -0.39 is 23.2 Å². The first kappa shape index (κ1) is 16.6. The van der Waals surface area contributed by atoms with Crippen molar-refractivity contribution in [1.29, 1.82) is 0 Å². The summed E-state index contributed by atoms with van der Waals surface area (Å²) < 4.78 is 23.3. The van der Waals surface area contributed by atoms with E-state index in [2.05, 4.69) is 9.37 Å². The second-order valence-electron chi connectivity index (χ2n) is 4.55. The largest absolute Gasteiger partial charge is 0.691 e. The Bertz CT molecular complexity index is 282. The number of rotatable bonds is 8. The fraction of sp³-hybridized carbons (Fsp3) is 0.909. The molecule has 112 valence electrons. The molecule has 0 heterocycles. The summed E-state index contributed by atoms with van der Waals surface area (Å²) in [6.07, 6.45) is 1.31. The number of aliphatic hydroxyl groups excluding tert-OH is 1. The molecule has 0 aromatic carbocycles. The average Bonchev–Trinajstić information content (AvgIpc) is 2.79. The maximum Gasteiger partial charge on any atom is 0.357 e. The van der Waals surface area contributed by atoms with Crippen LogP contribution in [0, 0.1) is 0 Å². The van der Waals surface area contributed by atoms with Crippen LogP contribution in [-0.2, 0) is 18.9 Å². The first-order valence-electron chi connectivity index (χ1n) is 6.24. The standard InChI is InChI=1S/C11H19FO6S/c1-2-3-6-11(12,19-18-17-15)10(14)16-9-5-4-8(13)7-9/h8-9,13,15H,2-7H2,1H3/p-1. The lowest BCUT2D eigenvalue weighted by Crippen LogP contribution is -2.35. The maximum absolute atomic E-state index is 14.4. The van der Waals surface area contributed by atoms with Gasteiger partial charge in [0.1, 0.15) is 6.10 Å². The highest BCUT2D eigenvalue weighted by Crippen LogP contribution is 2.36. The van der Waals surface area contributed by atoms with Gasteiger partial charge in [0.05, 0.1) is 18.1 Å². The van der Waals surface area contributed by atoms with Gasteiger partial charge in [0.2, 0.25) is 0 Å². The molecule has 1 fully saturated rings. The van der Waals surface area contributed by atoms with Crippen LogP contribution in [-0.4, -0.2) is 28.3 Å². The molecule has 1 aliphatic carbocycles. The highest BCUT2D eigenvalue weighted by atomic mass is 32.2. The number of hydrogen-bond acceptors (Lipinski definition) is 7. The summed E-state index contributed by atoms with van der Waals surface area (Å²) in [5, 5.41) is 19.7. The lowest BCUT2D eigenvalue weighted by molar-refractivity contribution is -0.777. The molecule has 0 aliphatic heterocycles. The number of esters is 1. The van der Waals surface area contributed by atoms with Gasteiger partial charge in [0.15, 0.2) is 0 Å². The SMILES string of the molecule is CCCCC(F)(SOO[O-])C(=O)OC1CCC(O)C1. The van der Waals surface area contributed by atoms with Gasteiger partial charge < -0.3 is 15.1 Å². The van der Waals surface area contributed by atoms with E-state index in [1.165, 1.54) is 0 Å². The molecule has 1 saturated carbocycles. The predicted molar refractivity (Wildman–Crippen MR) is 62.9 cm³/mol. The van der Waals surface area contributed by atoms with Gasteiger partial charge in [0.25, 0.3) is 5.00 Å². The van der Waals surface area contributed by atoms with Gasteiger partial charge in [-0.1, -0.05) is 13.3 Å². The van der Waals surface area contributed by atoms with Crippen molar-refractivity contribution >= 4 is 18.0 Å². The van der Waals surface area contributed by atoms with Crippen molar-refractivity contribution in [1.82, 2.24) is 0 Å². The summed E-state index contributed by atoms with van der Waals surface area (Å²) in [7, 11) is 0. The van der Waals surface area contributed by atoms with Crippen molar-refractivity contribution in [2.45, 2.75) is 62.7 Å². The number of unbranched alkanes of at least 4 members (excludes halogenated alkanes) is 1. The topological polar surface area (TPSA) is 88.0 Å². The monoisotopic (exact) mass is 297 g/mol. The molecule has 0 amide bonds. The van der Waals surface area contributed by atoms with Gasteiger partial charge in [-0.15, -0.1) is 0 Å². The molecule has 6 nitrogen and oxygen atoms in total. The molecule has 0 bridgehead atoms.